The highest BCUT2D eigenvalue weighted by atomic mass is 35.5. The Labute approximate surface area is 134 Å². The van der Waals surface area contributed by atoms with Crippen LogP contribution in [0.2, 0.25) is 0 Å². The van der Waals surface area contributed by atoms with Crippen LogP contribution in [0.5, 0.6) is 0 Å². The Morgan fingerprint density at radius 3 is 3.00 bits per heavy atom. The van der Waals surface area contributed by atoms with Gasteiger partial charge in [0.05, 0.1) is 31.3 Å². The average molecular weight is 333 g/mol. The maximum absolute atomic E-state index is 12.4. The largest absolute Gasteiger partial charge is 0.387 e. The van der Waals surface area contributed by atoms with Gasteiger partial charge in [-0.3, -0.25) is 4.79 Å². The van der Waals surface area contributed by atoms with Crippen LogP contribution in [0.1, 0.15) is 17.4 Å². The van der Waals surface area contributed by atoms with E-state index in [-0.39, 0.29) is 30.3 Å². The third-order valence-corrected chi connectivity index (χ3v) is 4.98. The van der Waals surface area contributed by atoms with Crippen molar-refractivity contribution in [3.63, 3.8) is 0 Å². The van der Waals surface area contributed by atoms with Crippen molar-refractivity contribution < 1.29 is 14.6 Å². The summed E-state index contributed by atoms with van der Waals surface area (Å²) in [5.41, 5.74) is 0. The number of nitrogens with zero attached hydrogens (tertiary/aromatic N) is 1. The summed E-state index contributed by atoms with van der Waals surface area (Å²) < 4.78 is 5.49. The van der Waals surface area contributed by atoms with Gasteiger partial charge in [-0.1, -0.05) is 6.07 Å². The Balaban J connectivity index is 0.00000161. The van der Waals surface area contributed by atoms with E-state index >= 15 is 0 Å². The number of amides is 1. The van der Waals surface area contributed by atoms with Crippen molar-refractivity contribution >= 4 is 29.7 Å². The van der Waals surface area contributed by atoms with Gasteiger partial charge in [0.1, 0.15) is 0 Å². The number of nitrogens with one attached hydrogen (secondary N) is 1. The van der Waals surface area contributed by atoms with E-state index in [0.717, 1.165) is 18.0 Å². The lowest BCUT2D eigenvalue weighted by atomic mass is 9.98. The smallest absolute Gasteiger partial charge is 0.228 e. The molecular formula is C14H21ClN2O3S. The van der Waals surface area contributed by atoms with Crippen LogP contribution in [-0.4, -0.2) is 54.8 Å². The molecule has 2 unspecified atom stereocenters. The van der Waals surface area contributed by atoms with Crippen LogP contribution in [0.3, 0.4) is 0 Å². The molecule has 0 aromatic carbocycles. The Morgan fingerprint density at radius 2 is 2.38 bits per heavy atom. The lowest BCUT2D eigenvalue weighted by Gasteiger charge is -2.40. The van der Waals surface area contributed by atoms with Crippen molar-refractivity contribution in [2.45, 2.75) is 18.6 Å². The van der Waals surface area contributed by atoms with E-state index in [0.29, 0.717) is 26.2 Å². The van der Waals surface area contributed by atoms with Crippen LogP contribution < -0.4 is 5.32 Å². The van der Waals surface area contributed by atoms with Gasteiger partial charge >= 0.3 is 0 Å². The minimum Gasteiger partial charge on any atom is -0.387 e. The van der Waals surface area contributed by atoms with Crippen molar-refractivity contribution in [1.29, 1.82) is 0 Å². The lowest BCUT2D eigenvalue weighted by molar-refractivity contribution is -0.147. The van der Waals surface area contributed by atoms with Crippen LogP contribution in [0, 0.1) is 5.92 Å². The summed E-state index contributed by atoms with van der Waals surface area (Å²) in [7, 11) is 0. The van der Waals surface area contributed by atoms with Gasteiger partial charge < -0.3 is 20.1 Å². The molecule has 2 fully saturated rings. The van der Waals surface area contributed by atoms with E-state index in [1.807, 2.05) is 22.4 Å². The molecule has 1 aromatic heterocycles. The normalized spacial score (nSPS) is 24.0. The van der Waals surface area contributed by atoms with Gasteiger partial charge in [0.15, 0.2) is 0 Å². The standard InChI is InChI=1S/C14H20N2O3S.ClH/c17-12(13-2-1-5-20-13)6-11-9-19-4-3-16(11)14(18)10-7-15-8-10;/h1-2,5,10-12,15,17H,3-4,6-9H2;1H. The van der Waals surface area contributed by atoms with Gasteiger partial charge in [-0.25, -0.2) is 0 Å². The summed E-state index contributed by atoms with van der Waals surface area (Å²) in [4.78, 5) is 15.3. The zero-order valence-electron chi connectivity index (χ0n) is 11.7. The van der Waals surface area contributed by atoms with E-state index in [4.69, 9.17) is 4.74 Å². The molecule has 3 heterocycles. The number of aliphatic hydroxyl groups excluding tert-OH is 1. The molecule has 7 heteroatoms. The molecule has 2 atom stereocenters. The molecular weight excluding hydrogens is 312 g/mol. The summed E-state index contributed by atoms with van der Waals surface area (Å²) in [5, 5.41) is 15.4. The molecule has 0 bridgehead atoms. The maximum Gasteiger partial charge on any atom is 0.228 e. The van der Waals surface area contributed by atoms with Crippen molar-refractivity contribution in [2.75, 3.05) is 32.8 Å². The second-order valence-corrected chi connectivity index (χ2v) is 6.36. The number of ether oxygens (including phenoxy) is 1. The molecule has 2 N–H and O–H groups in total. The molecule has 2 aliphatic rings. The van der Waals surface area contributed by atoms with Crippen LogP contribution in [-0.2, 0) is 9.53 Å². The molecule has 21 heavy (non-hydrogen) atoms. The number of morpholine rings is 1. The summed E-state index contributed by atoms with van der Waals surface area (Å²) >= 11 is 1.55. The van der Waals surface area contributed by atoms with E-state index in [2.05, 4.69) is 5.32 Å². The summed E-state index contributed by atoms with van der Waals surface area (Å²) in [5.74, 6) is 0.310. The van der Waals surface area contributed by atoms with Crippen LogP contribution in [0.25, 0.3) is 0 Å². The van der Waals surface area contributed by atoms with E-state index in [1.165, 1.54) is 0 Å². The predicted octanol–water partition coefficient (Wildman–Crippen LogP) is 1.04. The molecule has 118 valence electrons. The van der Waals surface area contributed by atoms with E-state index in [1.54, 1.807) is 11.3 Å². The third kappa shape index (κ3) is 3.76. The highest BCUT2D eigenvalue weighted by molar-refractivity contribution is 7.10. The highest BCUT2D eigenvalue weighted by Crippen LogP contribution is 2.26. The Bertz CT molecular complexity index is 453. The van der Waals surface area contributed by atoms with Crippen LogP contribution >= 0.6 is 23.7 Å². The maximum atomic E-state index is 12.4. The first kappa shape index (κ1) is 16.7. The van der Waals surface area contributed by atoms with Crippen molar-refractivity contribution in [2.24, 2.45) is 5.92 Å². The van der Waals surface area contributed by atoms with Crippen LogP contribution in [0.15, 0.2) is 17.5 Å². The first-order chi connectivity index (χ1) is 9.75. The molecule has 3 rings (SSSR count). The topological polar surface area (TPSA) is 61.8 Å². The van der Waals surface area contributed by atoms with Crippen molar-refractivity contribution in [3.05, 3.63) is 22.4 Å². The highest BCUT2D eigenvalue weighted by Gasteiger charge is 2.35. The zero-order valence-corrected chi connectivity index (χ0v) is 13.4. The number of aliphatic hydroxyl groups is 1. The van der Waals surface area contributed by atoms with Gasteiger partial charge in [-0.2, -0.15) is 0 Å². The fourth-order valence-corrected chi connectivity index (χ4v) is 3.42. The fraction of sp³-hybridized carbons (Fsp3) is 0.643. The Hall–Kier alpha value is -0.660. The van der Waals surface area contributed by atoms with Gasteiger partial charge in [0.25, 0.3) is 0 Å². The Kier molecular flexibility index (Phi) is 6.01. The molecule has 1 amide bonds. The first-order valence-corrected chi connectivity index (χ1v) is 7.94. The number of hydrogen-bond acceptors (Lipinski definition) is 5. The summed E-state index contributed by atoms with van der Waals surface area (Å²) in [6.45, 7) is 3.30. The molecule has 0 spiro atoms. The number of halogens is 1. The zero-order chi connectivity index (χ0) is 13.9. The summed E-state index contributed by atoms with van der Waals surface area (Å²) in [6.07, 6.45) is 0.0309. The van der Waals surface area contributed by atoms with Gasteiger partial charge in [0.2, 0.25) is 5.91 Å². The predicted molar refractivity (Wildman–Crippen MR) is 83.8 cm³/mol. The summed E-state index contributed by atoms with van der Waals surface area (Å²) in [6, 6.07) is 3.85. The molecule has 2 saturated heterocycles. The van der Waals surface area contributed by atoms with Crippen LogP contribution in [0.4, 0.5) is 0 Å². The second-order valence-electron chi connectivity index (χ2n) is 5.38. The van der Waals surface area contributed by atoms with Gasteiger partial charge in [-0.15, -0.1) is 23.7 Å². The minimum atomic E-state index is -0.517. The molecule has 0 aliphatic carbocycles. The fourth-order valence-electron chi connectivity index (χ4n) is 2.69. The second kappa shape index (κ2) is 7.56. The SMILES string of the molecule is Cl.O=C(C1CNC1)N1CCOCC1CC(O)c1cccs1. The quantitative estimate of drug-likeness (QED) is 0.865. The molecule has 0 saturated carbocycles. The molecule has 0 radical (unpaired) electrons. The first-order valence-electron chi connectivity index (χ1n) is 7.06. The number of rotatable bonds is 4. The van der Waals surface area contributed by atoms with Gasteiger partial charge in [0, 0.05) is 30.9 Å². The molecule has 2 aliphatic heterocycles. The minimum absolute atomic E-state index is 0. The van der Waals surface area contributed by atoms with Crippen molar-refractivity contribution in [3.8, 4) is 0 Å². The average Bonchev–Trinajstić information content (AvgIpc) is 2.91. The lowest BCUT2D eigenvalue weighted by Crippen LogP contribution is -2.57. The molecule has 1 aromatic rings. The number of carbonyl (C=O) groups excluding carboxylic acids is 1. The van der Waals surface area contributed by atoms with Gasteiger partial charge in [-0.05, 0) is 11.4 Å². The number of hydrogen-bond donors (Lipinski definition) is 2. The van der Waals surface area contributed by atoms with E-state index in [9.17, 15) is 9.90 Å². The number of carbonyl (C=O) groups is 1. The third-order valence-electron chi connectivity index (χ3n) is 4.01. The molecule has 5 nitrogen and oxygen atoms in total. The van der Waals surface area contributed by atoms with Crippen molar-refractivity contribution in [1.82, 2.24) is 10.2 Å². The monoisotopic (exact) mass is 332 g/mol. The number of thiophene rings is 1. The van der Waals surface area contributed by atoms with E-state index < -0.39 is 6.10 Å². The Morgan fingerprint density at radius 1 is 1.57 bits per heavy atom.